The van der Waals surface area contributed by atoms with Crippen molar-refractivity contribution in [3.63, 3.8) is 0 Å². The summed E-state index contributed by atoms with van der Waals surface area (Å²) in [5.74, 6) is -0.517. The highest BCUT2D eigenvalue weighted by Crippen LogP contribution is 2.31. The van der Waals surface area contributed by atoms with Gasteiger partial charge in [0.1, 0.15) is 0 Å². The molecule has 0 fully saturated rings. The molecule has 1 amide bonds. The molecule has 3 N–H and O–H groups in total. The van der Waals surface area contributed by atoms with E-state index >= 15 is 0 Å². The number of carbonyl (C=O) groups is 1. The topological polar surface area (TPSA) is 85.8 Å². The predicted octanol–water partition coefficient (Wildman–Crippen LogP) is 3.31. The predicted molar refractivity (Wildman–Crippen MR) is 97.9 cm³/mol. The van der Waals surface area contributed by atoms with Gasteiger partial charge in [0.25, 0.3) is 5.91 Å². The summed E-state index contributed by atoms with van der Waals surface area (Å²) >= 11 is 3.47. The zero-order chi connectivity index (χ0) is 17.4. The summed E-state index contributed by atoms with van der Waals surface area (Å²) in [6, 6.07) is 5.64. The van der Waals surface area contributed by atoms with Crippen LogP contribution in [0.5, 0.6) is 0 Å². The first-order valence-electron chi connectivity index (χ1n) is 7.51. The Bertz CT molecular complexity index is 934. The van der Waals surface area contributed by atoms with Gasteiger partial charge < -0.3 is 11.1 Å². The first-order valence-corrected chi connectivity index (χ1v) is 8.31. The number of hydrogen-bond acceptors (Lipinski definition) is 4. The number of benzene rings is 1. The van der Waals surface area contributed by atoms with Crippen molar-refractivity contribution in [1.29, 1.82) is 0 Å². The molecular weight excluding hydrogens is 370 g/mol. The Morgan fingerprint density at radius 1 is 1.42 bits per heavy atom. The third-order valence-electron chi connectivity index (χ3n) is 3.92. The molecule has 1 atom stereocenters. The zero-order valence-electron chi connectivity index (χ0n) is 13.7. The van der Waals surface area contributed by atoms with Crippen LogP contribution in [0.1, 0.15) is 34.6 Å². The van der Waals surface area contributed by atoms with Crippen molar-refractivity contribution < 1.29 is 4.79 Å². The Balaban J connectivity index is 2.12. The molecule has 0 saturated carbocycles. The van der Waals surface area contributed by atoms with Gasteiger partial charge in [0.05, 0.1) is 28.5 Å². The van der Waals surface area contributed by atoms with Gasteiger partial charge in [-0.1, -0.05) is 15.9 Å². The van der Waals surface area contributed by atoms with Gasteiger partial charge >= 0.3 is 0 Å². The van der Waals surface area contributed by atoms with E-state index in [-0.39, 0.29) is 6.04 Å². The van der Waals surface area contributed by atoms with Crippen LogP contribution in [0.15, 0.2) is 35.1 Å². The number of halogens is 1. The second kappa shape index (κ2) is 6.24. The Kier molecular flexibility index (Phi) is 4.28. The van der Waals surface area contributed by atoms with Gasteiger partial charge in [-0.05, 0) is 37.6 Å². The van der Waals surface area contributed by atoms with Crippen LogP contribution >= 0.6 is 15.9 Å². The summed E-state index contributed by atoms with van der Waals surface area (Å²) in [7, 11) is 1.89. The minimum Gasteiger partial charge on any atom is -0.376 e. The summed E-state index contributed by atoms with van der Waals surface area (Å²) in [4.78, 5) is 16.2. The Labute approximate surface area is 148 Å². The molecule has 0 bridgehead atoms. The molecule has 7 heteroatoms. The zero-order valence-corrected chi connectivity index (χ0v) is 15.3. The molecule has 124 valence electrons. The van der Waals surface area contributed by atoms with Crippen molar-refractivity contribution in [2.75, 3.05) is 5.32 Å². The molecule has 3 aromatic rings. The number of pyridine rings is 1. The van der Waals surface area contributed by atoms with Crippen molar-refractivity contribution >= 4 is 38.4 Å². The highest BCUT2D eigenvalue weighted by molar-refractivity contribution is 9.10. The third kappa shape index (κ3) is 2.99. The van der Waals surface area contributed by atoms with Gasteiger partial charge in [0.15, 0.2) is 0 Å². The van der Waals surface area contributed by atoms with E-state index < -0.39 is 5.91 Å². The number of aromatic nitrogens is 3. The summed E-state index contributed by atoms with van der Waals surface area (Å²) in [5, 5.41) is 8.72. The summed E-state index contributed by atoms with van der Waals surface area (Å²) < 4.78 is 2.68. The lowest BCUT2D eigenvalue weighted by Gasteiger charge is -2.18. The van der Waals surface area contributed by atoms with E-state index in [2.05, 4.69) is 31.3 Å². The SMILES string of the molecule is Cc1cn(C)nc1[C@@H](C)Nc1c(C(N)=O)cnc2ccc(Br)cc12. The average molecular weight is 388 g/mol. The first-order chi connectivity index (χ1) is 11.4. The monoisotopic (exact) mass is 387 g/mol. The molecular formula is C17H18BrN5O. The molecule has 0 aliphatic rings. The lowest BCUT2D eigenvalue weighted by atomic mass is 10.1. The first kappa shape index (κ1) is 16.4. The van der Waals surface area contributed by atoms with Crippen LogP contribution in [0.2, 0.25) is 0 Å². The maximum atomic E-state index is 11.9. The smallest absolute Gasteiger partial charge is 0.252 e. The molecule has 1 aromatic carbocycles. The highest BCUT2D eigenvalue weighted by atomic mass is 79.9. The summed E-state index contributed by atoms with van der Waals surface area (Å²) in [6.45, 7) is 4.01. The van der Waals surface area contributed by atoms with Crippen LogP contribution in [0, 0.1) is 6.92 Å². The van der Waals surface area contributed by atoms with Crippen molar-refractivity contribution in [3.8, 4) is 0 Å². The van der Waals surface area contributed by atoms with E-state index in [9.17, 15) is 4.79 Å². The summed E-state index contributed by atoms with van der Waals surface area (Å²) in [5.41, 5.74) is 9.37. The standard InChI is InChI=1S/C17H18BrN5O/c1-9-8-23(3)22-15(9)10(2)21-16-12-6-11(18)4-5-14(12)20-7-13(16)17(19)24/h4-8,10H,1-3H3,(H2,19,24)(H,20,21)/t10-/m1/s1. The fourth-order valence-corrected chi connectivity index (χ4v) is 3.21. The number of rotatable bonds is 4. The van der Waals surface area contributed by atoms with Crippen molar-refractivity contribution in [2.24, 2.45) is 12.8 Å². The molecule has 0 aliphatic heterocycles. The van der Waals surface area contributed by atoms with Gasteiger partial charge in [-0.15, -0.1) is 0 Å². The Morgan fingerprint density at radius 2 is 2.17 bits per heavy atom. The van der Waals surface area contributed by atoms with Crippen LogP contribution in [0.25, 0.3) is 10.9 Å². The normalized spacial score (nSPS) is 12.3. The van der Waals surface area contributed by atoms with Gasteiger partial charge in [-0.3, -0.25) is 14.5 Å². The van der Waals surface area contributed by atoms with E-state index in [1.165, 1.54) is 6.20 Å². The van der Waals surface area contributed by atoms with E-state index in [4.69, 9.17) is 5.73 Å². The van der Waals surface area contributed by atoms with Crippen molar-refractivity contribution in [3.05, 3.63) is 51.9 Å². The van der Waals surface area contributed by atoms with Gasteiger partial charge in [0.2, 0.25) is 0 Å². The summed E-state index contributed by atoms with van der Waals surface area (Å²) in [6.07, 6.45) is 3.47. The lowest BCUT2D eigenvalue weighted by Crippen LogP contribution is -2.17. The van der Waals surface area contributed by atoms with E-state index in [0.29, 0.717) is 11.3 Å². The Hall–Kier alpha value is -2.41. The number of carbonyl (C=O) groups excluding carboxylic acids is 1. The molecule has 0 unspecified atom stereocenters. The Morgan fingerprint density at radius 3 is 2.79 bits per heavy atom. The average Bonchev–Trinajstić information content (AvgIpc) is 2.86. The quantitative estimate of drug-likeness (QED) is 0.718. The number of nitrogens with two attached hydrogens (primary N) is 1. The maximum Gasteiger partial charge on any atom is 0.252 e. The lowest BCUT2D eigenvalue weighted by molar-refractivity contribution is 0.100. The number of anilines is 1. The minimum atomic E-state index is -0.517. The molecule has 0 radical (unpaired) electrons. The van der Waals surface area contributed by atoms with Crippen molar-refractivity contribution in [1.82, 2.24) is 14.8 Å². The number of fused-ring (bicyclic) bond motifs is 1. The van der Waals surface area contributed by atoms with E-state index in [0.717, 1.165) is 26.6 Å². The largest absolute Gasteiger partial charge is 0.376 e. The second-order valence-corrected chi connectivity index (χ2v) is 6.73. The molecule has 3 rings (SSSR count). The molecule has 6 nitrogen and oxygen atoms in total. The van der Waals surface area contributed by atoms with E-state index in [1.54, 1.807) is 4.68 Å². The number of hydrogen-bond donors (Lipinski definition) is 2. The van der Waals surface area contributed by atoms with Crippen LogP contribution in [0.4, 0.5) is 5.69 Å². The molecule has 0 aliphatic carbocycles. The number of amides is 1. The number of primary amides is 1. The van der Waals surface area contributed by atoms with Gasteiger partial charge in [-0.2, -0.15) is 5.10 Å². The second-order valence-electron chi connectivity index (χ2n) is 5.81. The molecule has 24 heavy (non-hydrogen) atoms. The van der Waals surface area contributed by atoms with Crippen LogP contribution in [0.3, 0.4) is 0 Å². The van der Waals surface area contributed by atoms with Crippen LogP contribution in [-0.2, 0) is 7.05 Å². The van der Waals surface area contributed by atoms with Gasteiger partial charge in [-0.25, -0.2) is 0 Å². The van der Waals surface area contributed by atoms with Crippen LogP contribution < -0.4 is 11.1 Å². The molecule has 0 saturated heterocycles. The molecule has 2 heterocycles. The molecule has 2 aromatic heterocycles. The van der Waals surface area contributed by atoms with Crippen molar-refractivity contribution in [2.45, 2.75) is 19.9 Å². The third-order valence-corrected chi connectivity index (χ3v) is 4.41. The fraction of sp³-hybridized carbons (Fsp3) is 0.235. The highest BCUT2D eigenvalue weighted by Gasteiger charge is 2.18. The minimum absolute atomic E-state index is 0.0890. The maximum absolute atomic E-state index is 11.9. The fourth-order valence-electron chi connectivity index (χ4n) is 2.84. The van der Waals surface area contributed by atoms with Gasteiger partial charge in [0, 0.05) is 29.3 Å². The van der Waals surface area contributed by atoms with Crippen LogP contribution in [-0.4, -0.2) is 20.7 Å². The van der Waals surface area contributed by atoms with E-state index in [1.807, 2.05) is 45.3 Å². The number of nitrogens with zero attached hydrogens (tertiary/aromatic N) is 3. The molecule has 0 spiro atoms. The number of nitrogens with one attached hydrogen (secondary N) is 1. The number of aryl methyl sites for hydroxylation is 2.